The van der Waals surface area contributed by atoms with Gasteiger partial charge in [0.1, 0.15) is 0 Å². The van der Waals surface area contributed by atoms with Crippen LogP contribution in [0.2, 0.25) is 0 Å². The topological polar surface area (TPSA) is 83.3 Å². The Balaban J connectivity index is 2.74. The molecule has 0 fully saturated rings. The standard InChI is InChI=1S/C6H4N4O2S/c11-4(12)3-1-7-5-8-6(13)9-10(5)2-3/h1-2H,(H,9,13)(H,11,12). The Morgan fingerprint density at radius 1 is 1.69 bits per heavy atom. The number of nitrogens with one attached hydrogen (secondary N) is 1. The van der Waals surface area contributed by atoms with Crippen LogP contribution in [0.1, 0.15) is 10.4 Å². The highest BCUT2D eigenvalue weighted by Crippen LogP contribution is 1.99. The van der Waals surface area contributed by atoms with Crippen LogP contribution in [0.3, 0.4) is 0 Å². The third-order valence-electron chi connectivity index (χ3n) is 1.47. The highest BCUT2D eigenvalue weighted by molar-refractivity contribution is 7.71. The number of hydrogen-bond acceptors (Lipinski definition) is 4. The van der Waals surface area contributed by atoms with Crippen molar-refractivity contribution in [2.24, 2.45) is 0 Å². The monoisotopic (exact) mass is 196 g/mol. The third-order valence-corrected chi connectivity index (χ3v) is 1.65. The molecule has 2 aromatic rings. The van der Waals surface area contributed by atoms with Crippen molar-refractivity contribution in [3.63, 3.8) is 0 Å². The molecule has 0 unspecified atom stereocenters. The van der Waals surface area contributed by atoms with Gasteiger partial charge in [0.15, 0.2) is 0 Å². The van der Waals surface area contributed by atoms with Gasteiger partial charge in [0.05, 0.1) is 5.56 Å². The van der Waals surface area contributed by atoms with Crippen molar-refractivity contribution in [1.82, 2.24) is 19.6 Å². The molecule has 0 saturated carbocycles. The number of carbonyl (C=O) groups is 1. The van der Waals surface area contributed by atoms with E-state index in [4.69, 9.17) is 17.3 Å². The lowest BCUT2D eigenvalue weighted by Gasteiger charge is -1.93. The molecule has 2 rings (SSSR count). The number of aromatic carboxylic acids is 1. The Hall–Kier alpha value is -1.76. The molecule has 2 heterocycles. The minimum atomic E-state index is -1.04. The predicted molar refractivity (Wildman–Crippen MR) is 45.1 cm³/mol. The maximum Gasteiger partial charge on any atom is 0.338 e. The van der Waals surface area contributed by atoms with Crippen LogP contribution in [-0.4, -0.2) is 30.7 Å². The Morgan fingerprint density at radius 3 is 3.15 bits per heavy atom. The molecule has 6 nitrogen and oxygen atoms in total. The lowest BCUT2D eigenvalue weighted by Crippen LogP contribution is -2.01. The van der Waals surface area contributed by atoms with E-state index in [2.05, 4.69) is 15.1 Å². The van der Waals surface area contributed by atoms with E-state index in [1.54, 1.807) is 0 Å². The smallest absolute Gasteiger partial charge is 0.338 e. The molecule has 2 N–H and O–H groups in total. The number of nitrogens with zero attached hydrogens (tertiary/aromatic N) is 3. The molecule has 0 aliphatic heterocycles. The normalized spacial score (nSPS) is 10.5. The molecule has 7 heteroatoms. The van der Waals surface area contributed by atoms with Gasteiger partial charge < -0.3 is 5.11 Å². The van der Waals surface area contributed by atoms with Crippen molar-refractivity contribution < 1.29 is 9.90 Å². The van der Waals surface area contributed by atoms with Crippen molar-refractivity contribution in [3.05, 3.63) is 22.7 Å². The number of H-pyrrole nitrogens is 1. The van der Waals surface area contributed by atoms with Crippen LogP contribution in [0.15, 0.2) is 12.4 Å². The van der Waals surface area contributed by atoms with Crippen molar-refractivity contribution in [2.75, 3.05) is 0 Å². The number of fused-ring (bicyclic) bond motifs is 1. The van der Waals surface area contributed by atoms with E-state index < -0.39 is 5.97 Å². The zero-order chi connectivity index (χ0) is 9.42. The lowest BCUT2D eigenvalue weighted by atomic mass is 10.4. The fourth-order valence-electron chi connectivity index (χ4n) is 0.914. The van der Waals surface area contributed by atoms with Gasteiger partial charge in [0.2, 0.25) is 4.77 Å². The second kappa shape index (κ2) is 2.63. The van der Waals surface area contributed by atoms with Crippen LogP contribution in [-0.2, 0) is 0 Å². The maximum absolute atomic E-state index is 10.5. The maximum atomic E-state index is 10.5. The van der Waals surface area contributed by atoms with Crippen LogP contribution >= 0.6 is 12.2 Å². The molecular formula is C6H4N4O2S. The van der Waals surface area contributed by atoms with Crippen LogP contribution < -0.4 is 0 Å². The van der Waals surface area contributed by atoms with E-state index in [1.165, 1.54) is 16.9 Å². The van der Waals surface area contributed by atoms with Gasteiger partial charge in [-0.25, -0.2) is 14.3 Å². The summed E-state index contributed by atoms with van der Waals surface area (Å²) in [4.78, 5) is 18.2. The summed E-state index contributed by atoms with van der Waals surface area (Å²) < 4.78 is 1.64. The van der Waals surface area contributed by atoms with Crippen LogP contribution in [0.4, 0.5) is 0 Å². The quantitative estimate of drug-likeness (QED) is 0.648. The van der Waals surface area contributed by atoms with Crippen LogP contribution in [0.25, 0.3) is 5.78 Å². The molecule has 0 aliphatic carbocycles. The van der Waals surface area contributed by atoms with E-state index in [1.807, 2.05) is 0 Å². The number of aromatic amines is 1. The number of rotatable bonds is 1. The van der Waals surface area contributed by atoms with Gasteiger partial charge in [0.25, 0.3) is 5.78 Å². The third kappa shape index (κ3) is 1.29. The summed E-state index contributed by atoms with van der Waals surface area (Å²) >= 11 is 4.75. The Labute approximate surface area is 76.9 Å². The van der Waals surface area contributed by atoms with Gasteiger partial charge in [-0.05, 0) is 12.2 Å². The van der Waals surface area contributed by atoms with E-state index >= 15 is 0 Å². The summed E-state index contributed by atoms with van der Waals surface area (Å²) in [5.41, 5.74) is 0.0798. The molecule has 0 bridgehead atoms. The molecule has 66 valence electrons. The van der Waals surface area contributed by atoms with Crippen molar-refractivity contribution in [2.45, 2.75) is 0 Å². The summed E-state index contributed by atoms with van der Waals surface area (Å²) in [5, 5.41) is 11.3. The number of carboxylic acids is 1. The van der Waals surface area contributed by atoms with E-state index in [0.717, 1.165) is 0 Å². The van der Waals surface area contributed by atoms with Gasteiger partial charge in [-0.1, -0.05) is 0 Å². The molecule has 2 aromatic heterocycles. The van der Waals surface area contributed by atoms with Crippen molar-refractivity contribution >= 4 is 24.0 Å². The average molecular weight is 196 g/mol. The van der Waals surface area contributed by atoms with Gasteiger partial charge in [0, 0.05) is 12.4 Å². The number of aromatic nitrogens is 4. The zero-order valence-corrected chi connectivity index (χ0v) is 7.08. The highest BCUT2D eigenvalue weighted by atomic mass is 32.1. The van der Waals surface area contributed by atoms with E-state index in [9.17, 15) is 4.79 Å². The van der Waals surface area contributed by atoms with Gasteiger partial charge in [-0.3, -0.25) is 5.10 Å². The van der Waals surface area contributed by atoms with Crippen molar-refractivity contribution in [3.8, 4) is 0 Å². The molecule has 0 atom stereocenters. The Morgan fingerprint density at radius 2 is 2.46 bits per heavy atom. The van der Waals surface area contributed by atoms with Gasteiger partial charge in [-0.2, -0.15) is 4.98 Å². The summed E-state index contributed by atoms with van der Waals surface area (Å²) in [7, 11) is 0. The predicted octanol–water partition coefficient (Wildman–Crippen LogP) is 0.485. The molecule has 0 aromatic carbocycles. The fourth-order valence-corrected chi connectivity index (χ4v) is 1.09. The first-order chi connectivity index (χ1) is 6.16. The second-order valence-electron chi connectivity index (χ2n) is 2.35. The Kier molecular flexibility index (Phi) is 1.59. The minimum absolute atomic E-state index is 0.0798. The molecule has 0 radical (unpaired) electrons. The largest absolute Gasteiger partial charge is 0.478 e. The molecule has 13 heavy (non-hydrogen) atoms. The van der Waals surface area contributed by atoms with E-state index in [0.29, 0.717) is 5.78 Å². The van der Waals surface area contributed by atoms with Gasteiger partial charge >= 0.3 is 5.97 Å². The number of hydrogen-bond donors (Lipinski definition) is 2. The van der Waals surface area contributed by atoms with Crippen LogP contribution in [0, 0.1) is 4.77 Å². The van der Waals surface area contributed by atoms with E-state index in [-0.39, 0.29) is 10.3 Å². The average Bonchev–Trinajstić information content (AvgIpc) is 2.42. The first-order valence-electron chi connectivity index (χ1n) is 3.34. The number of carboxylic acid groups (broad SMARTS) is 1. The Bertz CT molecular complexity index is 529. The molecule has 0 spiro atoms. The van der Waals surface area contributed by atoms with Crippen LogP contribution in [0.5, 0.6) is 0 Å². The molecular weight excluding hydrogens is 192 g/mol. The second-order valence-corrected chi connectivity index (χ2v) is 2.73. The summed E-state index contributed by atoms with van der Waals surface area (Å²) in [6.07, 6.45) is 2.60. The summed E-state index contributed by atoms with van der Waals surface area (Å²) in [5.74, 6) is -0.683. The zero-order valence-electron chi connectivity index (χ0n) is 6.26. The first-order valence-corrected chi connectivity index (χ1v) is 3.75. The molecule has 0 amide bonds. The SMILES string of the molecule is O=C(O)c1cnc2nc(=S)[nH]n2c1. The first kappa shape index (κ1) is 7.87. The molecule has 0 saturated heterocycles. The molecule has 0 aliphatic rings. The summed E-state index contributed by atoms with van der Waals surface area (Å²) in [6.45, 7) is 0. The highest BCUT2D eigenvalue weighted by Gasteiger charge is 2.04. The lowest BCUT2D eigenvalue weighted by molar-refractivity contribution is 0.0695. The minimum Gasteiger partial charge on any atom is -0.478 e. The van der Waals surface area contributed by atoms with Crippen molar-refractivity contribution in [1.29, 1.82) is 0 Å². The summed E-state index contributed by atoms with van der Waals surface area (Å²) in [6, 6.07) is 0. The van der Waals surface area contributed by atoms with Gasteiger partial charge in [-0.15, -0.1) is 0 Å². The fraction of sp³-hybridized carbons (Fsp3) is 0.